The maximum atomic E-state index is 12.8. The summed E-state index contributed by atoms with van der Waals surface area (Å²) >= 11 is 7.19. The summed E-state index contributed by atoms with van der Waals surface area (Å²) in [5.74, 6) is 0.717. The lowest BCUT2D eigenvalue weighted by molar-refractivity contribution is -0.137. The quantitative estimate of drug-likeness (QED) is 0.478. The van der Waals surface area contributed by atoms with Gasteiger partial charge < -0.3 is 14.2 Å². The van der Waals surface area contributed by atoms with Gasteiger partial charge in [-0.3, -0.25) is 4.79 Å². The first-order valence-electron chi connectivity index (χ1n) is 10.00. The average molecular weight is 498 g/mol. The van der Waals surface area contributed by atoms with Gasteiger partial charge in [0.15, 0.2) is 0 Å². The number of piperazine rings is 1. The van der Waals surface area contributed by atoms with E-state index in [0.29, 0.717) is 37.3 Å². The monoisotopic (exact) mass is 497 g/mol. The van der Waals surface area contributed by atoms with Crippen LogP contribution in [0.15, 0.2) is 46.2 Å². The van der Waals surface area contributed by atoms with Crippen LogP contribution in [0.3, 0.4) is 0 Å². The zero-order valence-corrected chi connectivity index (χ0v) is 19.0. The Morgan fingerprint density at radius 2 is 1.91 bits per heavy atom. The summed E-state index contributed by atoms with van der Waals surface area (Å²) in [6.07, 6.45) is -3.73. The predicted molar refractivity (Wildman–Crippen MR) is 118 cm³/mol. The summed E-state index contributed by atoms with van der Waals surface area (Å²) in [6.45, 7) is 3.56. The Bertz CT molecular complexity index is 1150. The molecule has 0 aliphatic carbocycles. The number of alkyl halides is 3. The van der Waals surface area contributed by atoms with Crippen LogP contribution < -0.4 is 4.90 Å². The Balaban J connectivity index is 1.30. The standard InChI is InChI=1S/C21H19ClF3N5O2S/c1-13-4-2-3-5-15(13)19-27-28-20(32-19)33-12-17(31)29-6-8-30(9-7-29)18-16(22)10-14(11-26-18)21(23,24)25/h2-5,10-11H,6-9,12H2,1H3. The Kier molecular flexibility index (Phi) is 6.80. The van der Waals surface area contributed by atoms with Gasteiger partial charge in [-0.2, -0.15) is 13.2 Å². The molecule has 2 aromatic heterocycles. The van der Waals surface area contributed by atoms with Gasteiger partial charge in [0.05, 0.1) is 16.3 Å². The van der Waals surface area contributed by atoms with Gasteiger partial charge in [0.25, 0.3) is 5.22 Å². The van der Waals surface area contributed by atoms with Crippen molar-refractivity contribution in [1.82, 2.24) is 20.1 Å². The van der Waals surface area contributed by atoms with Crippen molar-refractivity contribution < 1.29 is 22.4 Å². The molecular weight excluding hydrogens is 479 g/mol. The molecular formula is C21H19ClF3N5O2S. The van der Waals surface area contributed by atoms with Crippen LogP contribution in [-0.4, -0.2) is 57.9 Å². The van der Waals surface area contributed by atoms with Gasteiger partial charge in [-0.15, -0.1) is 10.2 Å². The summed E-state index contributed by atoms with van der Waals surface area (Å²) in [4.78, 5) is 19.9. The Morgan fingerprint density at radius 1 is 1.18 bits per heavy atom. The van der Waals surface area contributed by atoms with Gasteiger partial charge in [-0.05, 0) is 24.6 Å². The molecule has 0 bridgehead atoms. The normalized spacial score (nSPS) is 14.6. The highest BCUT2D eigenvalue weighted by Crippen LogP contribution is 2.34. The van der Waals surface area contributed by atoms with Crippen LogP contribution in [0.4, 0.5) is 19.0 Å². The van der Waals surface area contributed by atoms with Gasteiger partial charge in [0.2, 0.25) is 11.8 Å². The summed E-state index contributed by atoms with van der Waals surface area (Å²) in [6, 6.07) is 8.51. The number of aromatic nitrogens is 3. The number of hydrogen-bond donors (Lipinski definition) is 0. The van der Waals surface area contributed by atoms with Crippen molar-refractivity contribution in [3.63, 3.8) is 0 Å². The highest BCUT2D eigenvalue weighted by molar-refractivity contribution is 7.99. The van der Waals surface area contributed by atoms with E-state index in [1.807, 2.05) is 31.2 Å². The zero-order valence-electron chi connectivity index (χ0n) is 17.5. The summed E-state index contributed by atoms with van der Waals surface area (Å²) < 4.78 is 44.1. The largest absolute Gasteiger partial charge is 0.417 e. The number of nitrogens with zero attached hydrogens (tertiary/aromatic N) is 5. The van der Waals surface area contributed by atoms with Crippen LogP contribution in [0, 0.1) is 6.92 Å². The van der Waals surface area contributed by atoms with Crippen LogP contribution in [0.25, 0.3) is 11.5 Å². The van der Waals surface area contributed by atoms with Crippen molar-refractivity contribution in [2.75, 3.05) is 36.8 Å². The maximum Gasteiger partial charge on any atom is 0.417 e. The third-order valence-corrected chi connectivity index (χ3v) is 6.26. The number of hydrogen-bond acceptors (Lipinski definition) is 7. The third kappa shape index (κ3) is 5.41. The second-order valence-electron chi connectivity index (χ2n) is 7.37. The number of carbonyl (C=O) groups is 1. The number of pyridine rings is 1. The van der Waals surface area contributed by atoms with Crippen LogP contribution in [0.2, 0.25) is 5.02 Å². The van der Waals surface area contributed by atoms with Crippen molar-refractivity contribution in [2.24, 2.45) is 0 Å². The van der Waals surface area contributed by atoms with E-state index in [1.165, 1.54) is 0 Å². The molecule has 0 saturated carbocycles. The molecule has 0 radical (unpaired) electrons. The van der Waals surface area contributed by atoms with E-state index in [9.17, 15) is 18.0 Å². The summed E-state index contributed by atoms with van der Waals surface area (Å²) in [5.41, 5.74) is 0.956. The number of benzene rings is 1. The number of anilines is 1. The molecule has 7 nitrogen and oxygen atoms in total. The number of thioether (sulfide) groups is 1. The van der Waals surface area contributed by atoms with Crippen molar-refractivity contribution in [3.05, 3.63) is 52.7 Å². The van der Waals surface area contributed by atoms with Gasteiger partial charge in [0.1, 0.15) is 5.82 Å². The van der Waals surface area contributed by atoms with Gasteiger partial charge >= 0.3 is 6.18 Å². The maximum absolute atomic E-state index is 12.8. The molecule has 1 aliphatic heterocycles. The van der Waals surface area contributed by atoms with Crippen LogP contribution >= 0.6 is 23.4 Å². The molecule has 3 heterocycles. The van der Waals surface area contributed by atoms with Gasteiger partial charge in [-0.1, -0.05) is 41.6 Å². The number of carbonyl (C=O) groups excluding carboxylic acids is 1. The topological polar surface area (TPSA) is 75.4 Å². The molecule has 1 saturated heterocycles. The SMILES string of the molecule is Cc1ccccc1-c1nnc(SCC(=O)N2CCN(c3ncc(C(F)(F)F)cc3Cl)CC2)o1. The van der Waals surface area contributed by atoms with E-state index >= 15 is 0 Å². The van der Waals surface area contributed by atoms with E-state index < -0.39 is 11.7 Å². The molecule has 1 aliphatic rings. The van der Waals surface area contributed by atoms with Crippen molar-refractivity contribution >= 4 is 35.1 Å². The zero-order chi connectivity index (χ0) is 23.6. The van der Waals surface area contributed by atoms with Gasteiger partial charge in [-0.25, -0.2) is 4.98 Å². The molecule has 1 fully saturated rings. The lowest BCUT2D eigenvalue weighted by Crippen LogP contribution is -2.49. The fourth-order valence-electron chi connectivity index (χ4n) is 3.39. The van der Waals surface area contributed by atoms with Gasteiger partial charge in [0, 0.05) is 37.9 Å². The highest BCUT2D eigenvalue weighted by atomic mass is 35.5. The molecule has 4 rings (SSSR count). The summed E-state index contributed by atoms with van der Waals surface area (Å²) in [5, 5.41) is 8.29. The fraction of sp³-hybridized carbons (Fsp3) is 0.333. The molecule has 1 aromatic carbocycles. The minimum Gasteiger partial charge on any atom is -0.411 e. The van der Waals surface area contributed by atoms with E-state index in [4.69, 9.17) is 16.0 Å². The first-order valence-corrected chi connectivity index (χ1v) is 11.4. The molecule has 3 aromatic rings. The Hall–Kier alpha value is -2.79. The number of aryl methyl sites for hydroxylation is 1. The fourth-order valence-corrected chi connectivity index (χ4v) is 4.34. The smallest absolute Gasteiger partial charge is 0.411 e. The second-order valence-corrected chi connectivity index (χ2v) is 8.71. The first kappa shape index (κ1) is 23.4. The molecule has 0 unspecified atom stereocenters. The van der Waals surface area contributed by atoms with E-state index in [-0.39, 0.29) is 22.5 Å². The molecule has 1 amide bonds. The number of amides is 1. The van der Waals surface area contributed by atoms with Crippen molar-refractivity contribution in [2.45, 2.75) is 18.3 Å². The Labute approximate surface area is 196 Å². The third-order valence-electron chi connectivity index (χ3n) is 5.18. The molecule has 12 heteroatoms. The first-order chi connectivity index (χ1) is 15.7. The minimum absolute atomic E-state index is 0.0685. The minimum atomic E-state index is -4.50. The number of halogens is 4. The van der Waals surface area contributed by atoms with Crippen LogP contribution in [0.5, 0.6) is 0 Å². The second kappa shape index (κ2) is 9.60. The molecule has 174 valence electrons. The lowest BCUT2D eigenvalue weighted by Gasteiger charge is -2.35. The summed E-state index contributed by atoms with van der Waals surface area (Å²) in [7, 11) is 0. The molecule has 33 heavy (non-hydrogen) atoms. The van der Waals surface area contributed by atoms with Crippen LogP contribution in [-0.2, 0) is 11.0 Å². The van der Waals surface area contributed by atoms with E-state index in [0.717, 1.165) is 35.2 Å². The molecule has 0 N–H and O–H groups in total. The molecule has 0 atom stereocenters. The lowest BCUT2D eigenvalue weighted by atomic mass is 10.1. The van der Waals surface area contributed by atoms with E-state index in [1.54, 1.807) is 9.80 Å². The predicted octanol–water partition coefficient (Wildman–Crippen LogP) is 4.55. The highest BCUT2D eigenvalue weighted by Gasteiger charge is 2.32. The van der Waals surface area contributed by atoms with Crippen molar-refractivity contribution in [3.8, 4) is 11.5 Å². The average Bonchev–Trinajstić information content (AvgIpc) is 3.26. The van der Waals surface area contributed by atoms with E-state index in [2.05, 4.69) is 15.2 Å². The van der Waals surface area contributed by atoms with Crippen LogP contribution in [0.1, 0.15) is 11.1 Å². The Morgan fingerprint density at radius 3 is 2.58 bits per heavy atom. The van der Waals surface area contributed by atoms with Crippen molar-refractivity contribution in [1.29, 1.82) is 0 Å². The molecule has 0 spiro atoms. The number of rotatable bonds is 5.